The predicted molar refractivity (Wildman–Crippen MR) is 77.1 cm³/mol. The highest BCUT2D eigenvalue weighted by Crippen LogP contribution is 2.28. The van der Waals surface area contributed by atoms with Crippen molar-refractivity contribution in [2.45, 2.75) is 64.0 Å². The summed E-state index contributed by atoms with van der Waals surface area (Å²) in [5.41, 5.74) is 7.28. The zero-order valence-corrected chi connectivity index (χ0v) is 12.1. The topological polar surface area (TPSA) is 53.1 Å². The summed E-state index contributed by atoms with van der Waals surface area (Å²) in [4.78, 5) is 0. The largest absolute Gasteiger partial charge is 0.382 e. The molecule has 0 radical (unpaired) electrons. The Labute approximate surface area is 116 Å². The lowest BCUT2D eigenvalue weighted by molar-refractivity contribution is 0.142. The highest BCUT2D eigenvalue weighted by molar-refractivity contribution is 5.02. The molecule has 108 valence electrons. The molecule has 19 heavy (non-hydrogen) atoms. The Morgan fingerprint density at radius 1 is 1.47 bits per heavy atom. The molecular weight excluding hydrogens is 238 g/mol. The molecular formula is C15H27N3O. The maximum Gasteiger partial charge on any atom is 0.0640 e. The van der Waals surface area contributed by atoms with Crippen molar-refractivity contribution in [1.82, 2.24) is 9.78 Å². The standard InChI is InChI=1S/C15H27N3O/c1-2-19-11-5-6-13(16)12-14-9-10-18(17-14)15-7-3-4-8-15/h9-10,13,15H,2-8,11-12,16H2,1H3. The van der Waals surface area contributed by atoms with E-state index in [0.717, 1.165) is 38.2 Å². The molecule has 1 atom stereocenters. The van der Waals surface area contributed by atoms with Crippen LogP contribution in [0.2, 0.25) is 0 Å². The lowest BCUT2D eigenvalue weighted by Gasteiger charge is -2.11. The molecule has 0 amide bonds. The van der Waals surface area contributed by atoms with Crippen molar-refractivity contribution in [2.24, 2.45) is 5.73 Å². The van der Waals surface area contributed by atoms with Gasteiger partial charge in [-0.1, -0.05) is 12.8 Å². The van der Waals surface area contributed by atoms with Crippen LogP contribution in [-0.2, 0) is 11.2 Å². The second-order valence-corrected chi connectivity index (χ2v) is 5.53. The minimum Gasteiger partial charge on any atom is -0.382 e. The van der Waals surface area contributed by atoms with Gasteiger partial charge < -0.3 is 10.5 Å². The van der Waals surface area contributed by atoms with Gasteiger partial charge in [0.05, 0.1) is 11.7 Å². The SMILES string of the molecule is CCOCCCC(N)Cc1ccn(C2CCCC2)n1. The van der Waals surface area contributed by atoms with Gasteiger partial charge in [0.15, 0.2) is 0 Å². The molecule has 4 nitrogen and oxygen atoms in total. The first-order valence-corrected chi connectivity index (χ1v) is 7.67. The second-order valence-electron chi connectivity index (χ2n) is 5.53. The molecule has 1 aliphatic rings. The number of hydrogen-bond donors (Lipinski definition) is 1. The van der Waals surface area contributed by atoms with E-state index in [1.807, 2.05) is 6.92 Å². The highest BCUT2D eigenvalue weighted by Gasteiger charge is 2.17. The van der Waals surface area contributed by atoms with Crippen LogP contribution < -0.4 is 5.73 Å². The molecule has 1 saturated carbocycles. The molecule has 0 bridgehead atoms. The van der Waals surface area contributed by atoms with Gasteiger partial charge in [-0.15, -0.1) is 0 Å². The summed E-state index contributed by atoms with van der Waals surface area (Å²) < 4.78 is 7.48. The van der Waals surface area contributed by atoms with E-state index in [1.165, 1.54) is 25.7 Å². The van der Waals surface area contributed by atoms with Crippen molar-refractivity contribution in [2.75, 3.05) is 13.2 Å². The molecule has 0 aliphatic heterocycles. The molecule has 1 aromatic heterocycles. The van der Waals surface area contributed by atoms with Crippen LogP contribution in [0.3, 0.4) is 0 Å². The molecule has 0 aromatic carbocycles. The smallest absolute Gasteiger partial charge is 0.0640 e. The average molecular weight is 265 g/mol. The van der Waals surface area contributed by atoms with Crippen molar-refractivity contribution in [1.29, 1.82) is 0 Å². The van der Waals surface area contributed by atoms with E-state index >= 15 is 0 Å². The molecule has 1 aliphatic carbocycles. The van der Waals surface area contributed by atoms with E-state index < -0.39 is 0 Å². The van der Waals surface area contributed by atoms with Gasteiger partial charge in [0.25, 0.3) is 0 Å². The molecule has 0 spiro atoms. The first-order valence-electron chi connectivity index (χ1n) is 7.67. The van der Waals surface area contributed by atoms with E-state index in [4.69, 9.17) is 10.5 Å². The molecule has 1 heterocycles. The van der Waals surface area contributed by atoms with Crippen molar-refractivity contribution in [3.05, 3.63) is 18.0 Å². The zero-order chi connectivity index (χ0) is 13.5. The fourth-order valence-corrected chi connectivity index (χ4v) is 2.82. The van der Waals surface area contributed by atoms with Crippen LogP contribution in [0.15, 0.2) is 12.3 Å². The van der Waals surface area contributed by atoms with Crippen LogP contribution in [0.4, 0.5) is 0 Å². The third-order valence-corrected chi connectivity index (χ3v) is 3.90. The molecule has 2 N–H and O–H groups in total. The normalized spacial score (nSPS) is 18.0. The van der Waals surface area contributed by atoms with Gasteiger partial charge in [-0.2, -0.15) is 5.10 Å². The summed E-state index contributed by atoms with van der Waals surface area (Å²) in [5.74, 6) is 0. The molecule has 0 saturated heterocycles. The van der Waals surface area contributed by atoms with Crippen molar-refractivity contribution < 1.29 is 4.74 Å². The second kappa shape index (κ2) is 7.65. The summed E-state index contributed by atoms with van der Waals surface area (Å²) in [6.07, 6.45) is 10.3. The fraction of sp³-hybridized carbons (Fsp3) is 0.800. The first kappa shape index (κ1) is 14.5. The number of aromatic nitrogens is 2. The summed E-state index contributed by atoms with van der Waals surface area (Å²) >= 11 is 0. The molecule has 1 unspecified atom stereocenters. The van der Waals surface area contributed by atoms with E-state index in [0.29, 0.717) is 6.04 Å². The number of nitrogens with zero attached hydrogens (tertiary/aromatic N) is 2. The quantitative estimate of drug-likeness (QED) is 0.735. The van der Waals surface area contributed by atoms with Gasteiger partial charge in [0.1, 0.15) is 0 Å². The van der Waals surface area contributed by atoms with Crippen LogP contribution in [-0.4, -0.2) is 29.0 Å². The lowest BCUT2D eigenvalue weighted by atomic mass is 10.1. The van der Waals surface area contributed by atoms with Crippen LogP contribution in [0.5, 0.6) is 0 Å². The van der Waals surface area contributed by atoms with Crippen LogP contribution >= 0.6 is 0 Å². The Balaban J connectivity index is 1.72. The van der Waals surface area contributed by atoms with E-state index in [-0.39, 0.29) is 6.04 Å². The monoisotopic (exact) mass is 265 g/mol. The van der Waals surface area contributed by atoms with E-state index in [2.05, 4.69) is 22.0 Å². The molecule has 1 aromatic rings. The molecule has 4 heteroatoms. The van der Waals surface area contributed by atoms with Gasteiger partial charge in [0, 0.05) is 31.9 Å². The summed E-state index contributed by atoms with van der Waals surface area (Å²) in [5, 5.41) is 4.68. The Hall–Kier alpha value is -0.870. The zero-order valence-electron chi connectivity index (χ0n) is 12.1. The van der Waals surface area contributed by atoms with Gasteiger partial charge >= 0.3 is 0 Å². The minimum atomic E-state index is 0.201. The maximum absolute atomic E-state index is 6.15. The Kier molecular flexibility index (Phi) is 5.86. The average Bonchev–Trinajstić information content (AvgIpc) is 3.04. The van der Waals surface area contributed by atoms with E-state index in [1.54, 1.807) is 0 Å². The van der Waals surface area contributed by atoms with Crippen molar-refractivity contribution >= 4 is 0 Å². The summed E-state index contributed by atoms with van der Waals surface area (Å²) in [6, 6.07) is 2.95. The lowest BCUT2D eigenvalue weighted by Crippen LogP contribution is -2.23. The number of ether oxygens (including phenoxy) is 1. The van der Waals surface area contributed by atoms with Gasteiger partial charge in [-0.25, -0.2) is 0 Å². The molecule has 1 fully saturated rings. The highest BCUT2D eigenvalue weighted by atomic mass is 16.5. The van der Waals surface area contributed by atoms with Gasteiger partial charge in [-0.05, 0) is 38.7 Å². The Morgan fingerprint density at radius 3 is 3.00 bits per heavy atom. The third-order valence-electron chi connectivity index (χ3n) is 3.90. The van der Waals surface area contributed by atoms with Gasteiger partial charge in [-0.3, -0.25) is 4.68 Å². The first-order chi connectivity index (χ1) is 9.29. The fourth-order valence-electron chi connectivity index (χ4n) is 2.82. The van der Waals surface area contributed by atoms with Crippen molar-refractivity contribution in [3.8, 4) is 0 Å². The van der Waals surface area contributed by atoms with Crippen molar-refractivity contribution in [3.63, 3.8) is 0 Å². The van der Waals surface area contributed by atoms with Gasteiger partial charge in [0.2, 0.25) is 0 Å². The Morgan fingerprint density at radius 2 is 2.26 bits per heavy atom. The van der Waals surface area contributed by atoms with Crippen LogP contribution in [0.1, 0.15) is 57.2 Å². The van der Waals surface area contributed by atoms with Crippen LogP contribution in [0.25, 0.3) is 0 Å². The number of rotatable bonds is 8. The number of hydrogen-bond acceptors (Lipinski definition) is 3. The Bertz CT molecular complexity index is 358. The third kappa shape index (κ3) is 4.62. The molecule has 2 rings (SSSR count). The summed E-state index contributed by atoms with van der Waals surface area (Å²) in [7, 11) is 0. The maximum atomic E-state index is 6.15. The van der Waals surface area contributed by atoms with Crippen LogP contribution in [0, 0.1) is 0 Å². The minimum absolute atomic E-state index is 0.201. The summed E-state index contributed by atoms with van der Waals surface area (Å²) in [6.45, 7) is 3.64. The predicted octanol–water partition coefficient (Wildman–Crippen LogP) is 2.68. The van der Waals surface area contributed by atoms with E-state index in [9.17, 15) is 0 Å². The number of nitrogens with two attached hydrogens (primary N) is 1.